The van der Waals surface area contributed by atoms with Gasteiger partial charge in [-0.2, -0.15) is 0 Å². The number of anilines is 2. The molecule has 8 heteroatoms. The van der Waals surface area contributed by atoms with Crippen LogP contribution >= 0.6 is 11.3 Å². The SMILES string of the molecule is COC(=O)c1c(N2CCCC2CCO)sc(-c2ccc3c(c2)ncn3C2CCCCC2)c1N. The molecular weight excluding hydrogens is 436 g/mol. The number of aromatic nitrogens is 2. The molecule has 3 heterocycles. The second kappa shape index (κ2) is 9.35. The maximum Gasteiger partial charge on any atom is 0.343 e. The van der Waals surface area contributed by atoms with Crippen LogP contribution in [0.3, 0.4) is 0 Å². The van der Waals surface area contributed by atoms with Crippen molar-refractivity contribution in [3.8, 4) is 10.4 Å². The first-order chi connectivity index (χ1) is 16.1. The lowest BCUT2D eigenvalue weighted by Gasteiger charge is -2.25. The van der Waals surface area contributed by atoms with Gasteiger partial charge in [0.05, 0.1) is 35.0 Å². The summed E-state index contributed by atoms with van der Waals surface area (Å²) in [4.78, 5) is 20.5. The summed E-state index contributed by atoms with van der Waals surface area (Å²) in [5.41, 5.74) is 10.5. The van der Waals surface area contributed by atoms with Gasteiger partial charge in [-0.1, -0.05) is 25.3 Å². The molecule has 1 atom stereocenters. The zero-order valence-electron chi connectivity index (χ0n) is 19.1. The van der Waals surface area contributed by atoms with Crippen molar-refractivity contribution in [1.82, 2.24) is 9.55 Å². The predicted octanol–water partition coefficient (Wildman–Crippen LogP) is 4.99. The molecule has 5 rings (SSSR count). The number of aliphatic hydroxyl groups excluding tert-OH is 1. The maximum absolute atomic E-state index is 12.7. The second-order valence-corrected chi connectivity index (χ2v) is 10.2. The number of rotatable bonds is 6. The number of carbonyl (C=O) groups is 1. The molecular formula is C25H32N4O3S. The monoisotopic (exact) mass is 468 g/mol. The normalized spacial score (nSPS) is 19.5. The summed E-state index contributed by atoms with van der Waals surface area (Å²) in [5.74, 6) is -0.415. The number of benzene rings is 1. The van der Waals surface area contributed by atoms with E-state index in [1.807, 2.05) is 6.33 Å². The average molecular weight is 469 g/mol. The Hall–Kier alpha value is -2.58. The Kier molecular flexibility index (Phi) is 6.29. The number of ether oxygens (including phenoxy) is 1. The summed E-state index contributed by atoms with van der Waals surface area (Å²) >= 11 is 1.54. The van der Waals surface area contributed by atoms with E-state index in [0.29, 0.717) is 23.7 Å². The number of esters is 1. The van der Waals surface area contributed by atoms with E-state index >= 15 is 0 Å². The van der Waals surface area contributed by atoms with Crippen LogP contribution in [0.2, 0.25) is 0 Å². The van der Waals surface area contributed by atoms with Crippen LogP contribution in [0.5, 0.6) is 0 Å². The molecule has 1 saturated heterocycles. The van der Waals surface area contributed by atoms with Crippen LogP contribution in [0.4, 0.5) is 10.7 Å². The van der Waals surface area contributed by atoms with Gasteiger partial charge in [-0.15, -0.1) is 11.3 Å². The molecule has 1 aromatic carbocycles. The zero-order valence-corrected chi connectivity index (χ0v) is 19.9. The minimum Gasteiger partial charge on any atom is -0.465 e. The Bertz CT molecular complexity index is 1150. The van der Waals surface area contributed by atoms with Gasteiger partial charge in [-0.25, -0.2) is 9.78 Å². The van der Waals surface area contributed by atoms with Crippen molar-refractivity contribution in [2.45, 2.75) is 63.5 Å². The third-order valence-corrected chi connectivity index (χ3v) is 8.51. The summed E-state index contributed by atoms with van der Waals surface area (Å²) in [6.07, 6.45) is 11.0. The lowest BCUT2D eigenvalue weighted by Crippen LogP contribution is -2.30. The fourth-order valence-electron chi connectivity index (χ4n) is 5.52. The average Bonchev–Trinajstić information content (AvgIpc) is 3.56. The maximum atomic E-state index is 12.7. The first kappa shape index (κ1) is 22.2. The number of carbonyl (C=O) groups excluding carboxylic acids is 1. The number of imidazole rings is 1. The highest BCUT2D eigenvalue weighted by Crippen LogP contribution is 2.47. The van der Waals surface area contributed by atoms with Crippen molar-refractivity contribution in [1.29, 1.82) is 0 Å². The fourth-order valence-corrected chi connectivity index (χ4v) is 6.83. The standard InChI is InChI=1S/C25H32N4O3S/c1-32-25(31)21-22(26)23(33-24(21)28-12-5-8-18(28)11-13-30)16-9-10-20-19(14-16)27-15-29(20)17-6-3-2-4-7-17/h9-10,14-15,17-18,30H,2-8,11-13,26H2,1H3. The highest BCUT2D eigenvalue weighted by Gasteiger charge is 2.33. The van der Waals surface area contributed by atoms with Crippen molar-refractivity contribution >= 4 is 39.0 Å². The Balaban J connectivity index is 1.55. The van der Waals surface area contributed by atoms with Gasteiger partial charge < -0.3 is 25.0 Å². The molecule has 2 aliphatic rings. The van der Waals surface area contributed by atoms with E-state index in [1.165, 1.54) is 50.6 Å². The number of aliphatic hydroxyl groups is 1. The van der Waals surface area contributed by atoms with Crippen molar-refractivity contribution in [3.63, 3.8) is 0 Å². The number of thiophene rings is 1. The molecule has 1 saturated carbocycles. The number of methoxy groups -OCH3 is 1. The van der Waals surface area contributed by atoms with Gasteiger partial charge in [-0.3, -0.25) is 0 Å². The van der Waals surface area contributed by atoms with Crippen molar-refractivity contribution in [2.75, 3.05) is 30.9 Å². The van der Waals surface area contributed by atoms with E-state index in [9.17, 15) is 9.90 Å². The van der Waals surface area contributed by atoms with Crippen LogP contribution in [0.1, 0.15) is 67.8 Å². The van der Waals surface area contributed by atoms with Gasteiger partial charge in [0.2, 0.25) is 0 Å². The lowest BCUT2D eigenvalue weighted by molar-refractivity contribution is 0.0603. The summed E-state index contributed by atoms with van der Waals surface area (Å²) in [6.45, 7) is 0.974. The third kappa shape index (κ3) is 3.99. The molecule has 0 spiro atoms. The Morgan fingerprint density at radius 1 is 1.24 bits per heavy atom. The quantitative estimate of drug-likeness (QED) is 0.495. The molecule has 0 bridgehead atoms. The van der Waals surface area contributed by atoms with Crippen molar-refractivity contribution in [2.24, 2.45) is 0 Å². The molecule has 1 unspecified atom stereocenters. The number of nitrogen functional groups attached to an aromatic ring is 1. The summed E-state index contributed by atoms with van der Waals surface area (Å²) in [7, 11) is 1.39. The highest BCUT2D eigenvalue weighted by molar-refractivity contribution is 7.20. The zero-order chi connectivity index (χ0) is 22.9. The molecule has 1 aliphatic carbocycles. The molecule has 3 N–H and O–H groups in total. The van der Waals surface area contributed by atoms with Crippen LogP contribution < -0.4 is 10.6 Å². The third-order valence-electron chi connectivity index (χ3n) is 7.22. The Morgan fingerprint density at radius 2 is 2.06 bits per heavy atom. The highest BCUT2D eigenvalue weighted by atomic mass is 32.1. The molecule has 7 nitrogen and oxygen atoms in total. The molecule has 176 valence electrons. The number of hydrogen-bond donors (Lipinski definition) is 2. The summed E-state index contributed by atoms with van der Waals surface area (Å²) in [6, 6.07) is 7.03. The smallest absolute Gasteiger partial charge is 0.343 e. The Labute approximate surface area is 198 Å². The van der Waals surface area contributed by atoms with E-state index < -0.39 is 5.97 Å². The van der Waals surface area contributed by atoms with Crippen LogP contribution in [0.25, 0.3) is 21.5 Å². The predicted molar refractivity (Wildman–Crippen MR) is 133 cm³/mol. The lowest BCUT2D eigenvalue weighted by atomic mass is 9.95. The number of nitrogens with zero attached hydrogens (tertiary/aromatic N) is 3. The molecule has 0 radical (unpaired) electrons. The fraction of sp³-hybridized carbons (Fsp3) is 0.520. The topological polar surface area (TPSA) is 93.6 Å². The molecule has 2 fully saturated rings. The molecule has 1 aliphatic heterocycles. The summed E-state index contributed by atoms with van der Waals surface area (Å²) in [5, 5.41) is 10.3. The van der Waals surface area contributed by atoms with Crippen molar-refractivity contribution in [3.05, 3.63) is 30.1 Å². The van der Waals surface area contributed by atoms with Gasteiger partial charge in [0.25, 0.3) is 0 Å². The van der Waals surface area contributed by atoms with E-state index in [4.69, 9.17) is 15.5 Å². The van der Waals surface area contributed by atoms with E-state index in [2.05, 4.69) is 27.7 Å². The number of nitrogens with two attached hydrogens (primary N) is 1. The first-order valence-corrected chi connectivity index (χ1v) is 12.8. The Morgan fingerprint density at radius 3 is 2.82 bits per heavy atom. The van der Waals surface area contributed by atoms with Gasteiger partial charge in [-0.05, 0) is 49.8 Å². The summed E-state index contributed by atoms with van der Waals surface area (Å²) < 4.78 is 7.42. The molecule has 2 aromatic heterocycles. The van der Waals surface area contributed by atoms with Gasteiger partial charge >= 0.3 is 5.97 Å². The van der Waals surface area contributed by atoms with Crippen LogP contribution in [0.15, 0.2) is 24.5 Å². The van der Waals surface area contributed by atoms with Crippen LogP contribution in [-0.4, -0.2) is 46.9 Å². The minimum absolute atomic E-state index is 0.128. The first-order valence-electron chi connectivity index (χ1n) is 12.0. The van der Waals surface area contributed by atoms with Crippen LogP contribution in [-0.2, 0) is 4.74 Å². The second-order valence-electron chi connectivity index (χ2n) is 9.17. The molecule has 3 aromatic rings. The van der Waals surface area contributed by atoms with Gasteiger partial charge in [0.15, 0.2) is 0 Å². The van der Waals surface area contributed by atoms with E-state index in [1.54, 1.807) is 0 Å². The molecule has 0 amide bonds. The minimum atomic E-state index is -0.415. The number of hydrogen-bond acceptors (Lipinski definition) is 7. The van der Waals surface area contributed by atoms with Gasteiger partial charge in [0.1, 0.15) is 10.6 Å². The van der Waals surface area contributed by atoms with E-state index in [0.717, 1.165) is 45.9 Å². The molecule has 33 heavy (non-hydrogen) atoms. The largest absolute Gasteiger partial charge is 0.465 e. The van der Waals surface area contributed by atoms with E-state index in [-0.39, 0.29) is 12.6 Å². The number of fused-ring (bicyclic) bond motifs is 1. The van der Waals surface area contributed by atoms with Crippen molar-refractivity contribution < 1.29 is 14.6 Å². The van der Waals surface area contributed by atoms with Gasteiger partial charge in [0, 0.05) is 25.2 Å². The van der Waals surface area contributed by atoms with Crippen LogP contribution in [0, 0.1) is 0 Å².